The van der Waals surface area contributed by atoms with Crippen molar-refractivity contribution in [3.8, 4) is 5.75 Å². The van der Waals surface area contributed by atoms with Gasteiger partial charge in [0.15, 0.2) is 0 Å². The maximum absolute atomic E-state index is 12.5. The number of nitrogens with zero attached hydrogens (tertiary/aromatic N) is 1. The summed E-state index contributed by atoms with van der Waals surface area (Å²) in [4.78, 5) is 26.3. The van der Waals surface area contributed by atoms with E-state index in [1.165, 1.54) is 4.90 Å². The number of benzene rings is 2. The zero-order valence-corrected chi connectivity index (χ0v) is 14.4. The summed E-state index contributed by atoms with van der Waals surface area (Å²) >= 11 is 6.89. The summed E-state index contributed by atoms with van der Waals surface area (Å²) in [6.07, 6.45) is 1.70. The number of carbonyl (C=O) groups is 2. The lowest BCUT2D eigenvalue weighted by Crippen LogP contribution is -2.27. The molecule has 0 spiro atoms. The summed E-state index contributed by atoms with van der Waals surface area (Å²) in [6, 6.07) is 14.4. The molecular weight excluding hydrogens is 346 g/mol. The first-order valence-corrected chi connectivity index (χ1v) is 8.40. The molecule has 122 valence electrons. The molecule has 1 fully saturated rings. The van der Waals surface area contributed by atoms with Crippen molar-refractivity contribution in [1.29, 1.82) is 0 Å². The Morgan fingerprint density at radius 3 is 2.71 bits per heavy atom. The fourth-order valence-corrected chi connectivity index (χ4v) is 3.39. The van der Waals surface area contributed by atoms with Gasteiger partial charge in [0.2, 0.25) is 0 Å². The smallest absolute Gasteiger partial charge is 0.293 e. The third-order valence-corrected chi connectivity index (χ3v) is 4.64. The molecule has 1 aliphatic heterocycles. The number of hydrogen-bond acceptors (Lipinski definition) is 4. The van der Waals surface area contributed by atoms with Gasteiger partial charge in [0.25, 0.3) is 11.1 Å². The molecule has 0 radical (unpaired) electrons. The maximum Gasteiger partial charge on any atom is 0.293 e. The number of thioether (sulfide) groups is 1. The average Bonchev–Trinajstić information content (AvgIpc) is 2.83. The molecule has 0 bridgehead atoms. The summed E-state index contributed by atoms with van der Waals surface area (Å²) < 4.78 is 5.17. The highest BCUT2D eigenvalue weighted by molar-refractivity contribution is 8.18. The predicted octanol–water partition coefficient (Wildman–Crippen LogP) is 4.59. The molecular formula is C18H14ClNO3S. The monoisotopic (exact) mass is 359 g/mol. The van der Waals surface area contributed by atoms with E-state index in [1.54, 1.807) is 31.4 Å². The van der Waals surface area contributed by atoms with Gasteiger partial charge in [0, 0.05) is 5.02 Å². The lowest BCUT2D eigenvalue weighted by Gasteiger charge is -2.12. The maximum atomic E-state index is 12.5. The standard InChI is InChI=1S/C18H14ClNO3S/c1-23-15-7-3-4-12(9-15)10-16-17(21)20(18(22)24-16)11-13-5-2-6-14(19)8-13/h2-10H,11H2,1H3/b16-10-. The van der Waals surface area contributed by atoms with E-state index < -0.39 is 0 Å². The van der Waals surface area contributed by atoms with Crippen LogP contribution in [0.15, 0.2) is 53.4 Å². The first-order valence-electron chi connectivity index (χ1n) is 7.20. The molecule has 0 aliphatic carbocycles. The molecule has 24 heavy (non-hydrogen) atoms. The van der Waals surface area contributed by atoms with Crippen molar-refractivity contribution in [1.82, 2.24) is 4.90 Å². The number of carbonyl (C=O) groups excluding carboxylic acids is 2. The van der Waals surface area contributed by atoms with Crippen molar-refractivity contribution < 1.29 is 14.3 Å². The summed E-state index contributed by atoms with van der Waals surface area (Å²) in [5, 5.41) is 0.292. The van der Waals surface area contributed by atoms with E-state index in [0.717, 1.165) is 22.9 Å². The Morgan fingerprint density at radius 1 is 1.17 bits per heavy atom. The normalized spacial score (nSPS) is 16.1. The molecule has 0 N–H and O–H groups in total. The van der Waals surface area contributed by atoms with Crippen LogP contribution in [0.1, 0.15) is 11.1 Å². The van der Waals surface area contributed by atoms with Crippen LogP contribution in [-0.4, -0.2) is 23.2 Å². The number of halogens is 1. The van der Waals surface area contributed by atoms with Crippen LogP contribution < -0.4 is 4.74 Å². The molecule has 2 aromatic carbocycles. The highest BCUT2D eigenvalue weighted by Gasteiger charge is 2.34. The van der Waals surface area contributed by atoms with E-state index >= 15 is 0 Å². The minimum absolute atomic E-state index is 0.209. The van der Waals surface area contributed by atoms with Gasteiger partial charge in [-0.15, -0.1) is 0 Å². The number of imide groups is 1. The molecule has 6 heteroatoms. The number of ether oxygens (including phenoxy) is 1. The van der Waals surface area contributed by atoms with Crippen LogP contribution in [0, 0.1) is 0 Å². The van der Waals surface area contributed by atoms with E-state index in [4.69, 9.17) is 16.3 Å². The summed E-state index contributed by atoms with van der Waals surface area (Å²) in [6.45, 7) is 0.209. The highest BCUT2D eigenvalue weighted by atomic mass is 35.5. The molecule has 2 amide bonds. The van der Waals surface area contributed by atoms with Crippen molar-refractivity contribution in [2.45, 2.75) is 6.54 Å². The van der Waals surface area contributed by atoms with Gasteiger partial charge in [-0.1, -0.05) is 35.9 Å². The second-order valence-corrected chi connectivity index (χ2v) is 6.60. The van der Waals surface area contributed by atoms with Gasteiger partial charge in [-0.25, -0.2) is 0 Å². The number of hydrogen-bond donors (Lipinski definition) is 0. The molecule has 1 heterocycles. The van der Waals surface area contributed by atoms with Crippen molar-refractivity contribution in [2.75, 3.05) is 7.11 Å². The number of amides is 2. The van der Waals surface area contributed by atoms with Gasteiger partial charge in [0.05, 0.1) is 18.6 Å². The Balaban J connectivity index is 1.82. The van der Waals surface area contributed by atoms with E-state index in [2.05, 4.69) is 0 Å². The van der Waals surface area contributed by atoms with Crippen LogP contribution in [0.25, 0.3) is 6.08 Å². The van der Waals surface area contributed by atoms with Gasteiger partial charge in [0.1, 0.15) is 5.75 Å². The molecule has 0 atom stereocenters. The van der Waals surface area contributed by atoms with E-state index in [0.29, 0.717) is 15.7 Å². The summed E-state index contributed by atoms with van der Waals surface area (Å²) in [5.74, 6) is 0.398. The first kappa shape index (κ1) is 16.6. The summed E-state index contributed by atoms with van der Waals surface area (Å²) in [7, 11) is 1.58. The topological polar surface area (TPSA) is 46.6 Å². The molecule has 2 aromatic rings. The second kappa shape index (κ2) is 7.11. The molecule has 0 saturated carbocycles. The predicted molar refractivity (Wildman–Crippen MR) is 96.0 cm³/mol. The lowest BCUT2D eigenvalue weighted by molar-refractivity contribution is -0.123. The SMILES string of the molecule is COc1cccc(/C=C2\SC(=O)N(Cc3cccc(Cl)c3)C2=O)c1. The van der Waals surface area contributed by atoms with Gasteiger partial charge in [-0.3, -0.25) is 14.5 Å². The molecule has 3 rings (SSSR count). The van der Waals surface area contributed by atoms with Gasteiger partial charge in [-0.05, 0) is 53.2 Å². The molecule has 1 aliphatic rings. The lowest BCUT2D eigenvalue weighted by atomic mass is 10.2. The third kappa shape index (κ3) is 3.63. The Labute approximate surface area is 149 Å². The van der Waals surface area contributed by atoms with Crippen molar-refractivity contribution in [3.05, 3.63) is 69.6 Å². The second-order valence-electron chi connectivity index (χ2n) is 5.17. The van der Waals surface area contributed by atoms with Crippen LogP contribution in [0.3, 0.4) is 0 Å². The number of methoxy groups -OCH3 is 1. The Kier molecular flexibility index (Phi) is 4.92. The van der Waals surface area contributed by atoms with Crippen LogP contribution in [-0.2, 0) is 11.3 Å². The minimum Gasteiger partial charge on any atom is -0.497 e. The van der Waals surface area contributed by atoms with Gasteiger partial charge < -0.3 is 4.74 Å². The fraction of sp³-hybridized carbons (Fsp3) is 0.111. The Morgan fingerprint density at radius 2 is 1.96 bits per heavy atom. The van der Waals surface area contributed by atoms with E-state index in [-0.39, 0.29) is 17.7 Å². The van der Waals surface area contributed by atoms with Gasteiger partial charge in [-0.2, -0.15) is 0 Å². The average molecular weight is 360 g/mol. The summed E-state index contributed by atoms with van der Waals surface area (Å²) in [5.41, 5.74) is 1.62. The van der Waals surface area contributed by atoms with Crippen molar-refractivity contribution in [3.63, 3.8) is 0 Å². The van der Waals surface area contributed by atoms with Crippen LogP contribution in [0.2, 0.25) is 5.02 Å². The minimum atomic E-state index is -0.298. The van der Waals surface area contributed by atoms with Crippen LogP contribution in [0.4, 0.5) is 4.79 Å². The largest absolute Gasteiger partial charge is 0.497 e. The van der Waals surface area contributed by atoms with E-state index in [9.17, 15) is 9.59 Å². The first-order chi connectivity index (χ1) is 11.6. The quantitative estimate of drug-likeness (QED) is 0.749. The number of rotatable bonds is 4. The van der Waals surface area contributed by atoms with Gasteiger partial charge >= 0.3 is 0 Å². The third-order valence-electron chi connectivity index (χ3n) is 3.49. The van der Waals surface area contributed by atoms with Crippen LogP contribution in [0.5, 0.6) is 5.75 Å². The van der Waals surface area contributed by atoms with Crippen LogP contribution >= 0.6 is 23.4 Å². The molecule has 0 unspecified atom stereocenters. The zero-order chi connectivity index (χ0) is 17.1. The molecule has 4 nitrogen and oxygen atoms in total. The fourth-order valence-electron chi connectivity index (χ4n) is 2.34. The van der Waals surface area contributed by atoms with Crippen molar-refractivity contribution >= 4 is 40.6 Å². The van der Waals surface area contributed by atoms with Crippen molar-refractivity contribution in [2.24, 2.45) is 0 Å². The molecule has 0 aromatic heterocycles. The molecule has 1 saturated heterocycles. The Hall–Kier alpha value is -2.24. The zero-order valence-electron chi connectivity index (χ0n) is 12.9. The Bertz CT molecular complexity index is 835. The van der Waals surface area contributed by atoms with E-state index in [1.807, 2.05) is 30.3 Å². The highest BCUT2D eigenvalue weighted by Crippen LogP contribution is 2.33.